The van der Waals surface area contributed by atoms with Crippen LogP contribution < -0.4 is 4.74 Å². The summed E-state index contributed by atoms with van der Waals surface area (Å²) >= 11 is 0. The molecule has 1 spiro atoms. The standard InChI is InChI=1S/C17H24N2O3.C2HF3O2/c1-18-7-6-17(11-18)12-19(8-9-22-13-17)16(20)14-4-3-5-15(10-14)21-2;3-2(4,5)1(6)7/h3-5,10H,6-9,11-13H2,1-2H3;(H,6,7). The molecular weight excluding hydrogens is 393 g/mol. The summed E-state index contributed by atoms with van der Waals surface area (Å²) < 4.78 is 42.8. The van der Waals surface area contributed by atoms with Crippen LogP contribution in [0.15, 0.2) is 24.3 Å². The van der Waals surface area contributed by atoms with Crippen molar-refractivity contribution in [3.8, 4) is 5.75 Å². The molecule has 0 bridgehead atoms. The van der Waals surface area contributed by atoms with Gasteiger partial charge >= 0.3 is 12.1 Å². The smallest absolute Gasteiger partial charge is 0.490 e. The lowest BCUT2D eigenvalue weighted by atomic mass is 9.87. The van der Waals surface area contributed by atoms with Crippen molar-refractivity contribution in [2.24, 2.45) is 5.41 Å². The molecule has 0 aliphatic carbocycles. The Bertz CT molecular complexity index is 728. The van der Waals surface area contributed by atoms with Gasteiger partial charge in [-0.2, -0.15) is 13.2 Å². The van der Waals surface area contributed by atoms with Crippen LogP contribution in [0.25, 0.3) is 0 Å². The van der Waals surface area contributed by atoms with Gasteiger partial charge in [-0.15, -0.1) is 0 Å². The maximum Gasteiger partial charge on any atom is 0.490 e. The van der Waals surface area contributed by atoms with Gasteiger partial charge < -0.3 is 24.4 Å². The zero-order valence-electron chi connectivity index (χ0n) is 16.4. The first-order valence-electron chi connectivity index (χ1n) is 9.06. The van der Waals surface area contributed by atoms with E-state index in [4.69, 9.17) is 19.4 Å². The van der Waals surface area contributed by atoms with E-state index in [1.165, 1.54) is 0 Å². The minimum Gasteiger partial charge on any atom is -0.497 e. The van der Waals surface area contributed by atoms with Gasteiger partial charge in [-0.25, -0.2) is 4.79 Å². The van der Waals surface area contributed by atoms with Gasteiger partial charge in [-0.3, -0.25) is 4.79 Å². The van der Waals surface area contributed by atoms with Crippen LogP contribution in [-0.4, -0.2) is 86.5 Å². The predicted octanol–water partition coefficient (Wildman–Crippen LogP) is 2.12. The lowest BCUT2D eigenvalue weighted by molar-refractivity contribution is -0.192. The van der Waals surface area contributed by atoms with Crippen molar-refractivity contribution in [3.63, 3.8) is 0 Å². The van der Waals surface area contributed by atoms with E-state index in [1.54, 1.807) is 7.11 Å². The number of likely N-dealkylation sites (tertiary alicyclic amines) is 1. The highest BCUT2D eigenvalue weighted by atomic mass is 19.4. The third-order valence-corrected chi connectivity index (χ3v) is 4.92. The highest BCUT2D eigenvalue weighted by molar-refractivity contribution is 5.94. The molecule has 2 heterocycles. The topological polar surface area (TPSA) is 79.3 Å². The zero-order valence-corrected chi connectivity index (χ0v) is 16.4. The van der Waals surface area contributed by atoms with Crippen LogP contribution in [0.3, 0.4) is 0 Å². The molecule has 2 saturated heterocycles. The molecule has 1 unspecified atom stereocenters. The van der Waals surface area contributed by atoms with Crippen molar-refractivity contribution in [3.05, 3.63) is 29.8 Å². The van der Waals surface area contributed by atoms with Crippen LogP contribution >= 0.6 is 0 Å². The number of hydrogen-bond acceptors (Lipinski definition) is 5. The molecular formula is C19H25F3N2O5. The maximum atomic E-state index is 12.8. The van der Waals surface area contributed by atoms with Gasteiger partial charge in [0.25, 0.3) is 5.91 Å². The van der Waals surface area contributed by atoms with E-state index in [0.717, 1.165) is 32.7 Å². The number of carboxylic acids is 1. The van der Waals surface area contributed by atoms with Gasteiger partial charge in [0, 0.05) is 30.6 Å². The van der Waals surface area contributed by atoms with Gasteiger partial charge in [0.15, 0.2) is 0 Å². The van der Waals surface area contributed by atoms with Crippen LogP contribution in [0.4, 0.5) is 13.2 Å². The molecule has 162 valence electrons. The van der Waals surface area contributed by atoms with E-state index >= 15 is 0 Å². The van der Waals surface area contributed by atoms with Crippen LogP contribution in [0.2, 0.25) is 0 Å². The number of carboxylic acid groups (broad SMARTS) is 1. The Morgan fingerprint density at radius 2 is 1.93 bits per heavy atom. The Balaban J connectivity index is 0.000000370. The number of carbonyl (C=O) groups excluding carboxylic acids is 1. The largest absolute Gasteiger partial charge is 0.497 e. The average Bonchev–Trinajstić information content (AvgIpc) is 2.90. The van der Waals surface area contributed by atoms with E-state index in [1.807, 2.05) is 29.2 Å². The lowest BCUT2D eigenvalue weighted by Crippen LogP contribution is -2.43. The number of rotatable bonds is 2. The molecule has 0 radical (unpaired) electrons. The SMILES string of the molecule is COc1cccc(C(=O)N2CCOCC3(CCN(C)C3)C2)c1.O=C(O)C(F)(F)F. The third-order valence-electron chi connectivity index (χ3n) is 4.92. The van der Waals surface area contributed by atoms with Crippen LogP contribution in [0, 0.1) is 5.41 Å². The van der Waals surface area contributed by atoms with E-state index in [-0.39, 0.29) is 11.3 Å². The van der Waals surface area contributed by atoms with Crippen molar-refractivity contribution in [2.75, 3.05) is 53.6 Å². The van der Waals surface area contributed by atoms with Gasteiger partial charge in [-0.05, 0) is 38.2 Å². The number of aliphatic carboxylic acids is 1. The number of amides is 1. The Labute approximate surface area is 167 Å². The molecule has 7 nitrogen and oxygen atoms in total. The Kier molecular flexibility index (Phi) is 7.48. The summed E-state index contributed by atoms with van der Waals surface area (Å²) in [6.45, 7) is 4.86. The molecule has 1 atom stereocenters. The number of hydrogen-bond donors (Lipinski definition) is 1. The summed E-state index contributed by atoms with van der Waals surface area (Å²) in [5, 5.41) is 7.12. The number of nitrogens with zero attached hydrogens (tertiary/aromatic N) is 2. The van der Waals surface area contributed by atoms with E-state index in [2.05, 4.69) is 11.9 Å². The number of halogens is 3. The van der Waals surface area contributed by atoms with E-state index in [0.29, 0.717) is 24.5 Å². The number of carbonyl (C=O) groups is 2. The zero-order chi connectivity index (χ0) is 21.7. The fourth-order valence-electron chi connectivity index (χ4n) is 3.51. The Morgan fingerprint density at radius 3 is 2.48 bits per heavy atom. The molecule has 2 aliphatic rings. The normalized spacial score (nSPS) is 22.6. The predicted molar refractivity (Wildman–Crippen MR) is 98.0 cm³/mol. The van der Waals surface area contributed by atoms with Gasteiger partial charge in [-0.1, -0.05) is 6.07 Å². The first-order valence-corrected chi connectivity index (χ1v) is 9.06. The fraction of sp³-hybridized carbons (Fsp3) is 0.579. The second-order valence-corrected chi connectivity index (χ2v) is 7.30. The Hall–Kier alpha value is -2.33. The van der Waals surface area contributed by atoms with Crippen molar-refractivity contribution in [1.82, 2.24) is 9.80 Å². The monoisotopic (exact) mass is 418 g/mol. The molecule has 1 N–H and O–H groups in total. The molecule has 29 heavy (non-hydrogen) atoms. The minimum atomic E-state index is -5.08. The molecule has 2 aliphatic heterocycles. The maximum absolute atomic E-state index is 12.8. The molecule has 0 aromatic heterocycles. The third kappa shape index (κ3) is 6.33. The molecule has 1 aromatic rings. The number of benzene rings is 1. The quantitative estimate of drug-likeness (QED) is 0.793. The molecule has 0 saturated carbocycles. The van der Waals surface area contributed by atoms with Gasteiger partial charge in [0.05, 0.1) is 20.3 Å². The second kappa shape index (κ2) is 9.45. The molecule has 3 rings (SSSR count). The van der Waals surface area contributed by atoms with Crippen LogP contribution in [0.1, 0.15) is 16.8 Å². The lowest BCUT2D eigenvalue weighted by Gasteiger charge is -2.31. The van der Waals surface area contributed by atoms with Crippen molar-refractivity contribution in [2.45, 2.75) is 12.6 Å². The first-order chi connectivity index (χ1) is 13.6. The first kappa shape index (κ1) is 23.0. The summed E-state index contributed by atoms with van der Waals surface area (Å²) in [5.41, 5.74) is 0.766. The van der Waals surface area contributed by atoms with Crippen LogP contribution in [0.5, 0.6) is 5.75 Å². The molecule has 10 heteroatoms. The summed E-state index contributed by atoms with van der Waals surface area (Å²) in [5.74, 6) is -1.97. The highest BCUT2D eigenvalue weighted by Crippen LogP contribution is 2.33. The second-order valence-electron chi connectivity index (χ2n) is 7.30. The van der Waals surface area contributed by atoms with E-state index in [9.17, 15) is 18.0 Å². The highest BCUT2D eigenvalue weighted by Gasteiger charge is 2.41. The minimum absolute atomic E-state index is 0.0679. The van der Waals surface area contributed by atoms with E-state index < -0.39 is 12.1 Å². The van der Waals surface area contributed by atoms with Crippen molar-refractivity contribution in [1.29, 1.82) is 0 Å². The summed E-state index contributed by atoms with van der Waals surface area (Å²) in [6.07, 6.45) is -3.99. The number of alkyl halides is 3. The van der Waals surface area contributed by atoms with Crippen LogP contribution in [-0.2, 0) is 9.53 Å². The fourth-order valence-corrected chi connectivity index (χ4v) is 3.51. The summed E-state index contributed by atoms with van der Waals surface area (Å²) in [7, 11) is 3.75. The van der Waals surface area contributed by atoms with Crippen molar-refractivity contribution >= 4 is 11.9 Å². The average molecular weight is 418 g/mol. The van der Waals surface area contributed by atoms with Crippen molar-refractivity contribution < 1.29 is 37.3 Å². The molecule has 2 fully saturated rings. The summed E-state index contributed by atoms with van der Waals surface area (Å²) in [6, 6.07) is 7.38. The van der Waals surface area contributed by atoms with Gasteiger partial charge in [0.1, 0.15) is 5.75 Å². The Morgan fingerprint density at radius 1 is 1.24 bits per heavy atom. The van der Waals surface area contributed by atoms with Gasteiger partial charge in [0.2, 0.25) is 0 Å². The summed E-state index contributed by atoms with van der Waals surface area (Å²) in [4.78, 5) is 26.0. The number of methoxy groups -OCH3 is 1. The number of ether oxygens (including phenoxy) is 2. The molecule has 1 aromatic carbocycles. The molecule has 1 amide bonds.